The van der Waals surface area contributed by atoms with Crippen molar-refractivity contribution in [2.24, 2.45) is 0 Å². The molecule has 114 valence electrons. The van der Waals surface area contributed by atoms with Crippen LogP contribution >= 0.6 is 0 Å². The lowest BCUT2D eigenvalue weighted by molar-refractivity contribution is 0.632. The summed E-state index contributed by atoms with van der Waals surface area (Å²) in [5.41, 5.74) is 3.76. The van der Waals surface area contributed by atoms with E-state index in [-0.39, 0.29) is 0 Å². The molecule has 0 unspecified atom stereocenters. The van der Waals surface area contributed by atoms with Gasteiger partial charge in [0.25, 0.3) is 0 Å². The van der Waals surface area contributed by atoms with Gasteiger partial charge in [0.05, 0.1) is 0 Å². The molecular weight excluding hydrogens is 252 g/mol. The van der Waals surface area contributed by atoms with Crippen molar-refractivity contribution in [1.29, 1.82) is 0 Å². The summed E-state index contributed by atoms with van der Waals surface area (Å²) < 4.78 is 0. The van der Waals surface area contributed by atoms with Crippen LogP contribution in [0.3, 0.4) is 0 Å². The van der Waals surface area contributed by atoms with Crippen LogP contribution < -0.4 is 0 Å². The SMILES string of the molecule is C=C(C=CCC=CC)c1ccc(CCCCCCC)cc1. The van der Waals surface area contributed by atoms with E-state index in [2.05, 4.69) is 62.1 Å². The van der Waals surface area contributed by atoms with Crippen LogP contribution in [0.4, 0.5) is 0 Å². The number of hydrogen-bond acceptors (Lipinski definition) is 0. The molecule has 1 aromatic carbocycles. The van der Waals surface area contributed by atoms with E-state index in [1.807, 2.05) is 6.92 Å². The molecule has 0 aromatic heterocycles. The first-order valence-corrected chi connectivity index (χ1v) is 8.33. The Hall–Kier alpha value is -1.56. The van der Waals surface area contributed by atoms with Gasteiger partial charge in [-0.1, -0.05) is 87.8 Å². The van der Waals surface area contributed by atoms with Crippen molar-refractivity contribution < 1.29 is 0 Å². The molecule has 0 spiro atoms. The van der Waals surface area contributed by atoms with Gasteiger partial charge in [0.1, 0.15) is 0 Å². The maximum absolute atomic E-state index is 4.14. The first-order valence-electron chi connectivity index (χ1n) is 8.33. The van der Waals surface area contributed by atoms with Crippen molar-refractivity contribution in [3.8, 4) is 0 Å². The number of unbranched alkanes of at least 4 members (excludes halogenated alkanes) is 4. The second-order valence-corrected chi connectivity index (χ2v) is 5.59. The molecule has 0 heterocycles. The molecule has 0 aliphatic heterocycles. The lowest BCUT2D eigenvalue weighted by atomic mass is 10.0. The predicted molar refractivity (Wildman–Crippen MR) is 96.5 cm³/mol. The maximum Gasteiger partial charge on any atom is -0.0166 e. The summed E-state index contributed by atoms with van der Waals surface area (Å²) >= 11 is 0. The van der Waals surface area contributed by atoms with Gasteiger partial charge < -0.3 is 0 Å². The van der Waals surface area contributed by atoms with Gasteiger partial charge >= 0.3 is 0 Å². The van der Waals surface area contributed by atoms with Crippen LogP contribution in [0.1, 0.15) is 63.5 Å². The van der Waals surface area contributed by atoms with Crippen LogP contribution in [-0.4, -0.2) is 0 Å². The third-order valence-corrected chi connectivity index (χ3v) is 3.72. The fourth-order valence-corrected chi connectivity index (χ4v) is 2.34. The van der Waals surface area contributed by atoms with Crippen LogP contribution in [0, 0.1) is 0 Å². The summed E-state index contributed by atoms with van der Waals surface area (Å²) in [6.45, 7) is 8.44. The molecule has 0 radical (unpaired) electrons. The van der Waals surface area contributed by atoms with E-state index < -0.39 is 0 Å². The maximum atomic E-state index is 4.14. The normalized spacial score (nSPS) is 11.5. The highest BCUT2D eigenvalue weighted by Gasteiger charge is 1.97. The Morgan fingerprint density at radius 3 is 2.38 bits per heavy atom. The lowest BCUT2D eigenvalue weighted by Crippen LogP contribution is -1.87. The van der Waals surface area contributed by atoms with Crippen molar-refractivity contribution in [1.82, 2.24) is 0 Å². The van der Waals surface area contributed by atoms with Crippen LogP contribution in [-0.2, 0) is 6.42 Å². The Balaban J connectivity index is 2.38. The fourth-order valence-electron chi connectivity index (χ4n) is 2.34. The van der Waals surface area contributed by atoms with Gasteiger partial charge in [0, 0.05) is 0 Å². The molecule has 0 atom stereocenters. The molecule has 0 N–H and O–H groups in total. The lowest BCUT2D eigenvalue weighted by Gasteiger charge is -2.04. The van der Waals surface area contributed by atoms with Gasteiger partial charge in [-0.05, 0) is 42.9 Å². The summed E-state index contributed by atoms with van der Waals surface area (Å²) in [6.07, 6.45) is 17.4. The Morgan fingerprint density at radius 2 is 1.71 bits per heavy atom. The zero-order chi connectivity index (χ0) is 15.3. The second-order valence-electron chi connectivity index (χ2n) is 5.59. The molecule has 0 nitrogen and oxygen atoms in total. The number of benzene rings is 1. The Morgan fingerprint density at radius 1 is 1.00 bits per heavy atom. The molecule has 0 aliphatic rings. The number of allylic oxidation sites excluding steroid dienone is 5. The van der Waals surface area contributed by atoms with Crippen molar-refractivity contribution >= 4 is 5.57 Å². The zero-order valence-electron chi connectivity index (χ0n) is 13.8. The fraction of sp³-hybridized carbons (Fsp3) is 0.429. The highest BCUT2D eigenvalue weighted by atomic mass is 14.0. The minimum absolute atomic E-state index is 0.978. The average Bonchev–Trinajstić information content (AvgIpc) is 2.52. The molecule has 0 fully saturated rings. The summed E-state index contributed by atoms with van der Waals surface area (Å²) in [4.78, 5) is 0. The van der Waals surface area contributed by atoms with E-state index in [0.29, 0.717) is 0 Å². The van der Waals surface area contributed by atoms with Crippen LogP contribution in [0.5, 0.6) is 0 Å². The molecule has 0 saturated carbocycles. The monoisotopic (exact) mass is 282 g/mol. The second kappa shape index (κ2) is 11.1. The highest BCUT2D eigenvalue weighted by Crippen LogP contribution is 2.16. The molecule has 21 heavy (non-hydrogen) atoms. The molecular formula is C21H30. The van der Waals surface area contributed by atoms with E-state index >= 15 is 0 Å². The van der Waals surface area contributed by atoms with Crippen LogP contribution in [0.25, 0.3) is 5.57 Å². The number of hydrogen-bond donors (Lipinski definition) is 0. The molecule has 0 aliphatic carbocycles. The Kier molecular flexibility index (Phi) is 9.28. The zero-order valence-corrected chi connectivity index (χ0v) is 13.8. The van der Waals surface area contributed by atoms with Gasteiger partial charge in [0.2, 0.25) is 0 Å². The topological polar surface area (TPSA) is 0 Å². The first-order chi connectivity index (χ1) is 10.3. The molecule has 0 amide bonds. The highest BCUT2D eigenvalue weighted by molar-refractivity contribution is 5.71. The molecule has 0 saturated heterocycles. The third-order valence-electron chi connectivity index (χ3n) is 3.72. The summed E-state index contributed by atoms with van der Waals surface area (Å²) in [7, 11) is 0. The summed E-state index contributed by atoms with van der Waals surface area (Å²) in [6, 6.07) is 8.90. The summed E-state index contributed by atoms with van der Waals surface area (Å²) in [5.74, 6) is 0. The van der Waals surface area contributed by atoms with Crippen molar-refractivity contribution in [3.63, 3.8) is 0 Å². The van der Waals surface area contributed by atoms with Gasteiger partial charge in [0.15, 0.2) is 0 Å². The van der Waals surface area contributed by atoms with Gasteiger partial charge in [-0.15, -0.1) is 0 Å². The minimum Gasteiger partial charge on any atom is -0.0914 e. The standard InChI is InChI=1S/C21H30/c1-4-6-8-10-12-14-20-15-17-21(18-16-20)19(3)13-11-9-7-5-2/h5,7,11,13,15-18H,3-4,6,8-10,12,14H2,1-2H3. The largest absolute Gasteiger partial charge is 0.0914 e. The third kappa shape index (κ3) is 7.70. The van der Waals surface area contributed by atoms with E-state index in [0.717, 1.165) is 12.0 Å². The smallest absolute Gasteiger partial charge is 0.0166 e. The first kappa shape index (κ1) is 17.5. The van der Waals surface area contributed by atoms with E-state index in [1.165, 1.54) is 49.7 Å². The molecule has 0 heteroatoms. The van der Waals surface area contributed by atoms with E-state index in [9.17, 15) is 0 Å². The molecule has 0 bridgehead atoms. The van der Waals surface area contributed by atoms with Crippen LogP contribution in [0.2, 0.25) is 0 Å². The Labute approximate surface area is 131 Å². The minimum atomic E-state index is 0.978. The van der Waals surface area contributed by atoms with Gasteiger partial charge in [-0.25, -0.2) is 0 Å². The number of rotatable bonds is 10. The molecule has 1 rings (SSSR count). The number of aryl methyl sites for hydroxylation is 1. The predicted octanol–water partition coefficient (Wildman–Crippen LogP) is 6.74. The summed E-state index contributed by atoms with van der Waals surface area (Å²) in [5, 5.41) is 0. The Bertz CT molecular complexity index is 445. The van der Waals surface area contributed by atoms with Crippen molar-refractivity contribution in [2.75, 3.05) is 0 Å². The van der Waals surface area contributed by atoms with E-state index in [4.69, 9.17) is 0 Å². The van der Waals surface area contributed by atoms with Crippen LogP contribution in [0.15, 0.2) is 55.1 Å². The van der Waals surface area contributed by atoms with Crippen molar-refractivity contribution in [2.45, 2.75) is 58.8 Å². The van der Waals surface area contributed by atoms with Crippen molar-refractivity contribution in [3.05, 3.63) is 66.3 Å². The quantitative estimate of drug-likeness (QED) is 0.253. The molecule has 1 aromatic rings. The average molecular weight is 282 g/mol. The van der Waals surface area contributed by atoms with E-state index in [1.54, 1.807) is 0 Å². The van der Waals surface area contributed by atoms with Gasteiger partial charge in [-0.3, -0.25) is 0 Å². The van der Waals surface area contributed by atoms with Gasteiger partial charge in [-0.2, -0.15) is 0 Å².